The molecule has 1 aromatic carbocycles. The van der Waals surface area contributed by atoms with Gasteiger partial charge < -0.3 is 15.8 Å². The van der Waals surface area contributed by atoms with Crippen LogP contribution in [0.1, 0.15) is 12.8 Å². The van der Waals surface area contributed by atoms with Crippen LogP contribution in [-0.2, 0) is 4.74 Å². The number of nitrogen functional groups attached to an aromatic ring is 1. The molecule has 0 amide bonds. The van der Waals surface area contributed by atoms with Crippen LogP contribution in [-0.4, -0.2) is 19.3 Å². The van der Waals surface area contributed by atoms with Crippen molar-refractivity contribution in [2.75, 3.05) is 24.2 Å². The molecule has 0 radical (unpaired) electrons. The van der Waals surface area contributed by atoms with E-state index in [9.17, 15) is 0 Å². The Morgan fingerprint density at radius 1 is 1.53 bits per heavy atom. The Bertz CT molecular complexity index is 337. The lowest BCUT2D eigenvalue weighted by molar-refractivity contribution is 0.120. The number of benzene rings is 1. The van der Waals surface area contributed by atoms with Gasteiger partial charge in [-0.1, -0.05) is 11.6 Å². The monoisotopic (exact) mass is 226 g/mol. The topological polar surface area (TPSA) is 47.3 Å². The summed E-state index contributed by atoms with van der Waals surface area (Å²) in [4.78, 5) is 0. The lowest BCUT2D eigenvalue weighted by Crippen LogP contribution is -2.18. The second kappa shape index (κ2) is 4.73. The van der Waals surface area contributed by atoms with Crippen molar-refractivity contribution in [3.63, 3.8) is 0 Å². The molecule has 1 atom stereocenters. The van der Waals surface area contributed by atoms with Gasteiger partial charge in [0.05, 0.1) is 17.5 Å². The fourth-order valence-corrected chi connectivity index (χ4v) is 1.90. The first-order valence-corrected chi connectivity index (χ1v) is 5.54. The number of anilines is 2. The van der Waals surface area contributed by atoms with Gasteiger partial charge in [0.15, 0.2) is 0 Å². The number of nitrogens with two attached hydrogens (primary N) is 1. The third kappa shape index (κ3) is 2.76. The molecular weight excluding hydrogens is 212 g/mol. The van der Waals surface area contributed by atoms with Gasteiger partial charge in [0, 0.05) is 18.2 Å². The molecular formula is C11H15ClN2O. The molecule has 0 saturated carbocycles. The summed E-state index contributed by atoms with van der Waals surface area (Å²) in [6.45, 7) is 1.69. The van der Waals surface area contributed by atoms with E-state index in [1.54, 1.807) is 6.07 Å². The minimum Gasteiger partial charge on any atom is -0.397 e. The molecule has 1 aliphatic heterocycles. The molecule has 3 N–H and O–H groups in total. The van der Waals surface area contributed by atoms with E-state index < -0.39 is 0 Å². The van der Waals surface area contributed by atoms with Crippen LogP contribution in [0.2, 0.25) is 5.02 Å². The molecule has 0 spiro atoms. The van der Waals surface area contributed by atoms with E-state index in [1.165, 1.54) is 0 Å². The van der Waals surface area contributed by atoms with E-state index >= 15 is 0 Å². The summed E-state index contributed by atoms with van der Waals surface area (Å²) in [5.41, 5.74) is 7.43. The summed E-state index contributed by atoms with van der Waals surface area (Å²) in [6.07, 6.45) is 2.60. The summed E-state index contributed by atoms with van der Waals surface area (Å²) in [6, 6.07) is 5.47. The molecule has 2 rings (SSSR count). The van der Waals surface area contributed by atoms with Crippen LogP contribution in [0, 0.1) is 0 Å². The van der Waals surface area contributed by atoms with Crippen LogP contribution in [0.3, 0.4) is 0 Å². The normalized spacial score (nSPS) is 20.5. The number of hydrogen-bond acceptors (Lipinski definition) is 3. The van der Waals surface area contributed by atoms with E-state index in [1.807, 2.05) is 12.1 Å². The molecule has 0 aromatic heterocycles. The minimum absolute atomic E-state index is 0.320. The predicted molar refractivity (Wildman–Crippen MR) is 63.3 cm³/mol. The number of hydrogen-bond donors (Lipinski definition) is 2. The second-order valence-corrected chi connectivity index (χ2v) is 4.18. The molecule has 82 valence electrons. The first kappa shape index (κ1) is 10.6. The van der Waals surface area contributed by atoms with Crippen molar-refractivity contribution in [3.05, 3.63) is 23.2 Å². The quantitative estimate of drug-likeness (QED) is 0.779. The van der Waals surface area contributed by atoms with Crippen LogP contribution in [0.5, 0.6) is 0 Å². The molecule has 1 unspecified atom stereocenters. The second-order valence-electron chi connectivity index (χ2n) is 3.75. The van der Waals surface area contributed by atoms with Crippen molar-refractivity contribution in [3.8, 4) is 0 Å². The molecule has 1 fully saturated rings. The Morgan fingerprint density at radius 2 is 2.40 bits per heavy atom. The summed E-state index contributed by atoms with van der Waals surface area (Å²) in [5.74, 6) is 0. The van der Waals surface area contributed by atoms with Crippen LogP contribution in [0.25, 0.3) is 0 Å². The summed E-state index contributed by atoms with van der Waals surface area (Å²) in [7, 11) is 0. The molecule has 3 nitrogen and oxygen atoms in total. The van der Waals surface area contributed by atoms with E-state index in [4.69, 9.17) is 22.1 Å². The van der Waals surface area contributed by atoms with Gasteiger partial charge in [0.25, 0.3) is 0 Å². The number of halogens is 1. The molecule has 1 aliphatic rings. The lowest BCUT2D eigenvalue weighted by Gasteiger charge is -2.13. The Labute approximate surface area is 94.6 Å². The maximum atomic E-state index is 5.82. The van der Waals surface area contributed by atoms with Crippen molar-refractivity contribution < 1.29 is 4.74 Å². The summed E-state index contributed by atoms with van der Waals surface area (Å²) >= 11 is 5.81. The van der Waals surface area contributed by atoms with Crippen LogP contribution in [0.4, 0.5) is 11.4 Å². The fraction of sp³-hybridized carbons (Fsp3) is 0.455. The highest BCUT2D eigenvalue weighted by Gasteiger charge is 2.15. The zero-order chi connectivity index (χ0) is 10.7. The third-order valence-electron chi connectivity index (χ3n) is 2.56. The zero-order valence-corrected chi connectivity index (χ0v) is 9.26. The Balaban J connectivity index is 1.92. The van der Waals surface area contributed by atoms with Crippen molar-refractivity contribution >= 4 is 23.0 Å². The highest BCUT2D eigenvalue weighted by atomic mass is 35.5. The number of nitrogens with one attached hydrogen (secondary N) is 1. The van der Waals surface area contributed by atoms with Crippen LogP contribution < -0.4 is 11.1 Å². The maximum absolute atomic E-state index is 5.82. The van der Waals surface area contributed by atoms with E-state index in [0.29, 0.717) is 16.8 Å². The number of rotatable bonds is 3. The first-order valence-electron chi connectivity index (χ1n) is 5.16. The van der Waals surface area contributed by atoms with Crippen molar-refractivity contribution in [1.82, 2.24) is 0 Å². The van der Waals surface area contributed by atoms with Crippen molar-refractivity contribution in [2.24, 2.45) is 0 Å². The summed E-state index contributed by atoms with van der Waals surface area (Å²) in [5, 5.41) is 3.94. The Kier molecular flexibility index (Phi) is 3.34. The fourth-order valence-electron chi connectivity index (χ4n) is 1.72. The SMILES string of the molecule is Nc1cc(Cl)ccc1NCC1CCCO1. The Hall–Kier alpha value is -0.930. The highest BCUT2D eigenvalue weighted by Crippen LogP contribution is 2.23. The average molecular weight is 227 g/mol. The van der Waals surface area contributed by atoms with Gasteiger partial charge in [-0.15, -0.1) is 0 Å². The highest BCUT2D eigenvalue weighted by molar-refractivity contribution is 6.31. The Morgan fingerprint density at radius 3 is 3.07 bits per heavy atom. The minimum atomic E-state index is 0.320. The van der Waals surface area contributed by atoms with Gasteiger partial charge in [0.2, 0.25) is 0 Å². The standard InChI is InChI=1S/C11H15ClN2O/c12-8-3-4-11(10(13)6-8)14-7-9-2-1-5-15-9/h3-4,6,9,14H,1-2,5,7,13H2. The van der Waals surface area contributed by atoms with Crippen molar-refractivity contribution in [1.29, 1.82) is 0 Å². The van der Waals surface area contributed by atoms with Gasteiger partial charge in [-0.25, -0.2) is 0 Å². The molecule has 0 aliphatic carbocycles. The van der Waals surface area contributed by atoms with Gasteiger partial charge in [-0.3, -0.25) is 0 Å². The predicted octanol–water partition coefficient (Wildman–Crippen LogP) is 2.51. The molecule has 1 aromatic rings. The first-order chi connectivity index (χ1) is 7.25. The largest absolute Gasteiger partial charge is 0.397 e. The van der Waals surface area contributed by atoms with Crippen LogP contribution in [0.15, 0.2) is 18.2 Å². The smallest absolute Gasteiger partial charge is 0.0748 e. The molecule has 1 saturated heterocycles. The van der Waals surface area contributed by atoms with E-state index in [0.717, 1.165) is 31.7 Å². The van der Waals surface area contributed by atoms with Crippen molar-refractivity contribution in [2.45, 2.75) is 18.9 Å². The molecule has 0 bridgehead atoms. The zero-order valence-electron chi connectivity index (χ0n) is 8.50. The van der Waals surface area contributed by atoms with Gasteiger partial charge in [0.1, 0.15) is 0 Å². The van der Waals surface area contributed by atoms with Gasteiger partial charge >= 0.3 is 0 Å². The van der Waals surface area contributed by atoms with Crippen LogP contribution >= 0.6 is 11.6 Å². The van der Waals surface area contributed by atoms with E-state index in [2.05, 4.69) is 5.32 Å². The van der Waals surface area contributed by atoms with E-state index in [-0.39, 0.29) is 0 Å². The molecule has 4 heteroatoms. The molecule has 15 heavy (non-hydrogen) atoms. The third-order valence-corrected chi connectivity index (χ3v) is 2.79. The number of ether oxygens (including phenoxy) is 1. The summed E-state index contributed by atoms with van der Waals surface area (Å²) < 4.78 is 5.51. The van der Waals surface area contributed by atoms with Gasteiger partial charge in [-0.2, -0.15) is 0 Å². The lowest BCUT2D eigenvalue weighted by atomic mass is 10.2. The van der Waals surface area contributed by atoms with Gasteiger partial charge in [-0.05, 0) is 31.0 Å². The maximum Gasteiger partial charge on any atom is 0.0748 e. The molecule has 1 heterocycles. The average Bonchev–Trinajstić information content (AvgIpc) is 2.69.